The first kappa shape index (κ1) is 18.7. The highest BCUT2D eigenvalue weighted by Gasteiger charge is 2.18. The molecular weight excluding hydrogens is 356 g/mol. The number of hydrogen-bond acceptors (Lipinski definition) is 3. The highest BCUT2D eigenvalue weighted by Crippen LogP contribution is 2.34. The third-order valence-electron chi connectivity index (χ3n) is 3.38. The Hall–Kier alpha value is -1.60. The average molecular weight is 374 g/mol. The number of hydrogen-bond donors (Lipinski definition) is 0. The summed E-state index contributed by atoms with van der Waals surface area (Å²) in [5, 5.41) is 4.55. The van der Waals surface area contributed by atoms with E-state index in [0.29, 0.717) is 6.54 Å². The van der Waals surface area contributed by atoms with E-state index in [1.54, 1.807) is 11.9 Å². The number of halogens is 3. The largest absolute Gasteiger partial charge is 0.344 e. The maximum Gasteiger partial charge on any atom is 0.344 e. The molecule has 0 aliphatic rings. The summed E-state index contributed by atoms with van der Waals surface area (Å²) in [5.74, 6) is -1.90. The van der Waals surface area contributed by atoms with Gasteiger partial charge in [-0.3, -0.25) is 0 Å². The van der Waals surface area contributed by atoms with Crippen molar-refractivity contribution in [2.45, 2.75) is 36.1 Å². The Labute approximate surface area is 148 Å². The van der Waals surface area contributed by atoms with Crippen molar-refractivity contribution in [3.63, 3.8) is 0 Å². The molecule has 0 atom stereocenters. The molecule has 130 valence electrons. The summed E-state index contributed by atoms with van der Waals surface area (Å²) >= 11 is 6.95. The van der Waals surface area contributed by atoms with Crippen LogP contribution in [0.1, 0.15) is 26.2 Å². The van der Waals surface area contributed by atoms with Crippen LogP contribution in [0.15, 0.2) is 34.3 Å². The van der Waals surface area contributed by atoms with Crippen molar-refractivity contribution in [3.05, 3.63) is 41.1 Å². The van der Waals surface area contributed by atoms with Crippen LogP contribution in [0.3, 0.4) is 0 Å². The third-order valence-corrected chi connectivity index (χ3v) is 4.80. The minimum absolute atomic E-state index is 0.0610. The Balaban J connectivity index is 2.12. The molecule has 0 saturated carbocycles. The second-order valence-electron chi connectivity index (χ2n) is 5.29. The molecule has 0 bridgehead atoms. The molecule has 0 fully saturated rings. The fraction of sp³-hybridized carbons (Fsp3) is 0.375. The summed E-state index contributed by atoms with van der Waals surface area (Å²) in [7, 11) is 1.69. The molecule has 0 unspecified atom stereocenters. The molecule has 2 aromatic rings. The van der Waals surface area contributed by atoms with Crippen molar-refractivity contribution < 1.29 is 13.6 Å². The van der Waals surface area contributed by atoms with Gasteiger partial charge in [0.05, 0.1) is 16.1 Å². The molecule has 0 aliphatic heterocycles. The number of carbonyl (C=O) groups excluding carboxylic acids is 1. The van der Waals surface area contributed by atoms with E-state index in [2.05, 4.69) is 12.0 Å². The fourth-order valence-corrected chi connectivity index (χ4v) is 3.11. The van der Waals surface area contributed by atoms with Gasteiger partial charge < -0.3 is 4.90 Å². The zero-order valence-corrected chi connectivity index (χ0v) is 15.0. The summed E-state index contributed by atoms with van der Waals surface area (Å²) in [5.41, 5.74) is 0. The van der Waals surface area contributed by atoms with Crippen molar-refractivity contribution in [2.75, 3.05) is 13.6 Å². The Morgan fingerprint density at radius 2 is 2.12 bits per heavy atom. The van der Waals surface area contributed by atoms with Crippen LogP contribution in [-0.2, 0) is 0 Å². The molecule has 1 aromatic carbocycles. The molecular formula is C16H18ClF2N3OS. The van der Waals surface area contributed by atoms with Crippen LogP contribution in [0.5, 0.6) is 0 Å². The summed E-state index contributed by atoms with van der Waals surface area (Å²) in [6.45, 7) is 2.70. The van der Waals surface area contributed by atoms with E-state index in [9.17, 15) is 13.6 Å². The van der Waals surface area contributed by atoms with Crippen LogP contribution in [-0.4, -0.2) is 34.3 Å². The first-order valence-electron chi connectivity index (χ1n) is 7.56. The minimum atomic E-state index is -0.962. The Kier molecular flexibility index (Phi) is 6.62. The highest BCUT2D eigenvalue weighted by atomic mass is 35.5. The van der Waals surface area contributed by atoms with Crippen molar-refractivity contribution in [3.8, 4) is 0 Å². The second kappa shape index (κ2) is 8.48. The molecule has 1 heterocycles. The number of nitrogens with zero attached hydrogens (tertiary/aromatic N) is 3. The number of unbranched alkanes of at least 4 members (excludes halogenated alkanes) is 2. The van der Waals surface area contributed by atoms with Crippen molar-refractivity contribution >= 4 is 29.4 Å². The molecule has 0 saturated heterocycles. The summed E-state index contributed by atoms with van der Waals surface area (Å²) in [6.07, 6.45) is 4.39. The molecule has 4 nitrogen and oxygen atoms in total. The van der Waals surface area contributed by atoms with Crippen LogP contribution in [0.2, 0.25) is 5.02 Å². The summed E-state index contributed by atoms with van der Waals surface area (Å²) in [6, 6.07) is 3.55. The maximum absolute atomic E-state index is 13.7. The Morgan fingerprint density at radius 3 is 2.83 bits per heavy atom. The van der Waals surface area contributed by atoms with E-state index in [0.717, 1.165) is 41.8 Å². The molecule has 0 aliphatic carbocycles. The lowest BCUT2D eigenvalue weighted by atomic mass is 10.2. The second-order valence-corrected chi connectivity index (χ2v) is 6.73. The van der Waals surface area contributed by atoms with Gasteiger partial charge in [-0.1, -0.05) is 49.2 Å². The lowest BCUT2D eigenvalue weighted by molar-refractivity contribution is 0.206. The normalized spacial score (nSPS) is 10.9. The summed E-state index contributed by atoms with van der Waals surface area (Å²) in [4.78, 5) is 13.9. The zero-order valence-electron chi connectivity index (χ0n) is 13.4. The number of amides is 1. The molecule has 0 spiro atoms. The van der Waals surface area contributed by atoms with E-state index >= 15 is 0 Å². The first-order chi connectivity index (χ1) is 11.4. The minimum Gasteiger partial charge on any atom is -0.326 e. The molecule has 1 aromatic heterocycles. The lowest BCUT2D eigenvalue weighted by Gasteiger charge is -2.16. The smallest absolute Gasteiger partial charge is 0.326 e. The molecule has 0 radical (unpaired) electrons. The van der Waals surface area contributed by atoms with E-state index in [-0.39, 0.29) is 21.0 Å². The van der Waals surface area contributed by atoms with Crippen LogP contribution in [0.4, 0.5) is 13.6 Å². The average Bonchev–Trinajstić information content (AvgIpc) is 2.92. The first-order valence-corrected chi connectivity index (χ1v) is 8.76. The molecule has 2 rings (SSSR count). The van der Waals surface area contributed by atoms with Gasteiger partial charge in [0, 0.05) is 13.6 Å². The Morgan fingerprint density at radius 1 is 1.38 bits per heavy atom. The van der Waals surface area contributed by atoms with Gasteiger partial charge in [0.1, 0.15) is 5.03 Å². The van der Waals surface area contributed by atoms with Crippen LogP contribution in [0.25, 0.3) is 0 Å². The predicted molar refractivity (Wildman–Crippen MR) is 90.7 cm³/mol. The fourth-order valence-electron chi connectivity index (χ4n) is 2.04. The predicted octanol–water partition coefficient (Wildman–Crippen LogP) is 5.06. The van der Waals surface area contributed by atoms with Gasteiger partial charge in [0.15, 0.2) is 11.6 Å². The van der Waals surface area contributed by atoms with Gasteiger partial charge >= 0.3 is 6.03 Å². The summed E-state index contributed by atoms with van der Waals surface area (Å²) < 4.78 is 28.1. The van der Waals surface area contributed by atoms with E-state index in [1.807, 2.05) is 0 Å². The monoisotopic (exact) mass is 373 g/mol. The van der Waals surface area contributed by atoms with Gasteiger partial charge in [-0.15, -0.1) is 0 Å². The van der Waals surface area contributed by atoms with Crippen LogP contribution < -0.4 is 0 Å². The maximum atomic E-state index is 13.7. The molecule has 24 heavy (non-hydrogen) atoms. The number of benzene rings is 1. The number of carbonyl (C=O) groups is 1. The van der Waals surface area contributed by atoms with Crippen LogP contribution in [0, 0.1) is 11.6 Å². The van der Waals surface area contributed by atoms with Crippen molar-refractivity contribution in [1.82, 2.24) is 14.7 Å². The van der Waals surface area contributed by atoms with Gasteiger partial charge in [0.25, 0.3) is 0 Å². The number of aromatic nitrogens is 2. The van der Waals surface area contributed by atoms with Crippen molar-refractivity contribution in [1.29, 1.82) is 0 Å². The lowest BCUT2D eigenvalue weighted by Crippen LogP contribution is -2.32. The highest BCUT2D eigenvalue weighted by molar-refractivity contribution is 7.99. The molecule has 0 N–H and O–H groups in total. The third kappa shape index (κ3) is 4.48. The van der Waals surface area contributed by atoms with Crippen molar-refractivity contribution in [2.24, 2.45) is 0 Å². The SMILES string of the molecule is CCCCCN(C)C(=O)n1cc(Cl)c(Sc2cccc(F)c2F)n1. The quantitative estimate of drug-likeness (QED) is 0.664. The standard InChI is InChI=1S/C16H18ClF2N3OS/c1-3-4-5-9-21(2)16(23)22-10-11(17)15(20-22)24-13-8-6-7-12(18)14(13)19/h6-8,10H,3-5,9H2,1-2H3. The van der Waals surface area contributed by atoms with Gasteiger partial charge in [0.2, 0.25) is 0 Å². The Bertz CT molecular complexity index is 723. The van der Waals surface area contributed by atoms with Crippen LogP contribution >= 0.6 is 23.4 Å². The topological polar surface area (TPSA) is 38.1 Å². The van der Waals surface area contributed by atoms with Gasteiger partial charge in [-0.25, -0.2) is 13.6 Å². The molecule has 8 heteroatoms. The number of rotatable bonds is 6. The zero-order chi connectivity index (χ0) is 17.7. The van der Waals surface area contributed by atoms with E-state index in [4.69, 9.17) is 11.6 Å². The van der Waals surface area contributed by atoms with Gasteiger partial charge in [-0.2, -0.15) is 9.78 Å². The van der Waals surface area contributed by atoms with Gasteiger partial charge in [-0.05, 0) is 18.6 Å². The van der Waals surface area contributed by atoms with E-state index in [1.165, 1.54) is 18.3 Å². The van der Waals surface area contributed by atoms with E-state index < -0.39 is 11.6 Å². The molecule has 1 amide bonds.